The highest BCUT2D eigenvalue weighted by atomic mass is 127. The Kier molecular flexibility index (Phi) is 5.52. The van der Waals surface area contributed by atoms with Crippen LogP contribution in [0.4, 0.5) is 5.69 Å². The van der Waals surface area contributed by atoms with E-state index in [1.807, 2.05) is 0 Å². The number of hydrogen-bond acceptors (Lipinski definition) is 1. The number of rotatable bonds is 6. The molecule has 94 valence electrons. The molecule has 0 bridgehead atoms. The standard InChI is InChI=1S/C16H18IN/c17-15-11-4-5-12-16(15)18-13-7-6-10-14-8-2-1-3-9-14/h1-5,8-9,11-12,18H,6-7,10,13H2. The highest BCUT2D eigenvalue weighted by Gasteiger charge is 1.97. The Balaban J connectivity index is 1.66. The summed E-state index contributed by atoms with van der Waals surface area (Å²) in [5.74, 6) is 0. The molecule has 2 rings (SSSR count). The molecule has 0 fully saturated rings. The van der Waals surface area contributed by atoms with E-state index in [0.717, 1.165) is 6.54 Å². The van der Waals surface area contributed by atoms with Crippen molar-refractivity contribution in [3.63, 3.8) is 0 Å². The van der Waals surface area contributed by atoms with Gasteiger partial charge in [-0.15, -0.1) is 0 Å². The van der Waals surface area contributed by atoms with Gasteiger partial charge in [0.05, 0.1) is 0 Å². The summed E-state index contributed by atoms with van der Waals surface area (Å²) in [5.41, 5.74) is 2.68. The van der Waals surface area contributed by atoms with Crippen LogP contribution >= 0.6 is 22.6 Å². The van der Waals surface area contributed by atoms with Crippen molar-refractivity contribution in [1.82, 2.24) is 0 Å². The summed E-state index contributed by atoms with van der Waals surface area (Å²) in [4.78, 5) is 0. The Labute approximate surface area is 123 Å². The minimum atomic E-state index is 1.05. The fourth-order valence-electron chi connectivity index (χ4n) is 1.93. The summed E-state index contributed by atoms with van der Waals surface area (Å²) < 4.78 is 1.29. The molecule has 0 atom stereocenters. The second kappa shape index (κ2) is 7.41. The van der Waals surface area contributed by atoms with Gasteiger partial charge >= 0.3 is 0 Å². The van der Waals surface area contributed by atoms with Crippen LogP contribution in [0.1, 0.15) is 18.4 Å². The number of hydrogen-bond donors (Lipinski definition) is 1. The zero-order valence-corrected chi connectivity index (χ0v) is 12.6. The van der Waals surface area contributed by atoms with Crippen LogP contribution in [0.2, 0.25) is 0 Å². The number of unbranched alkanes of at least 4 members (excludes halogenated alkanes) is 1. The zero-order valence-electron chi connectivity index (χ0n) is 10.4. The first kappa shape index (κ1) is 13.4. The second-order valence-electron chi connectivity index (χ2n) is 4.35. The molecular formula is C16H18IN. The summed E-state index contributed by atoms with van der Waals surface area (Å²) in [6.07, 6.45) is 3.62. The van der Waals surface area contributed by atoms with E-state index in [1.165, 1.54) is 34.1 Å². The van der Waals surface area contributed by atoms with Crippen molar-refractivity contribution in [2.45, 2.75) is 19.3 Å². The first-order valence-electron chi connectivity index (χ1n) is 6.38. The molecule has 1 nitrogen and oxygen atoms in total. The van der Waals surface area contributed by atoms with Gasteiger partial charge in [0.25, 0.3) is 0 Å². The van der Waals surface area contributed by atoms with E-state index < -0.39 is 0 Å². The van der Waals surface area contributed by atoms with Gasteiger partial charge in [-0.3, -0.25) is 0 Å². The normalized spacial score (nSPS) is 10.3. The maximum absolute atomic E-state index is 3.49. The van der Waals surface area contributed by atoms with Crippen molar-refractivity contribution < 1.29 is 0 Å². The van der Waals surface area contributed by atoms with Crippen molar-refractivity contribution >= 4 is 28.3 Å². The molecule has 0 saturated carbocycles. The van der Waals surface area contributed by atoms with Crippen LogP contribution in [0.15, 0.2) is 54.6 Å². The van der Waals surface area contributed by atoms with Gasteiger partial charge in [0.2, 0.25) is 0 Å². The minimum Gasteiger partial charge on any atom is -0.384 e. The third kappa shape index (κ3) is 4.33. The molecule has 2 heteroatoms. The maximum atomic E-state index is 3.49. The van der Waals surface area contributed by atoms with Gasteiger partial charge in [-0.05, 0) is 59.5 Å². The van der Waals surface area contributed by atoms with Gasteiger partial charge < -0.3 is 5.32 Å². The fraction of sp³-hybridized carbons (Fsp3) is 0.250. The topological polar surface area (TPSA) is 12.0 Å². The highest BCUT2D eigenvalue weighted by molar-refractivity contribution is 14.1. The molecule has 0 saturated heterocycles. The molecule has 18 heavy (non-hydrogen) atoms. The van der Waals surface area contributed by atoms with Crippen LogP contribution in [0.3, 0.4) is 0 Å². The molecule has 0 aliphatic heterocycles. The van der Waals surface area contributed by atoms with Gasteiger partial charge in [-0.2, -0.15) is 0 Å². The van der Waals surface area contributed by atoms with Crippen LogP contribution in [-0.4, -0.2) is 6.54 Å². The molecule has 0 radical (unpaired) electrons. The van der Waals surface area contributed by atoms with Crippen molar-refractivity contribution in [2.75, 3.05) is 11.9 Å². The van der Waals surface area contributed by atoms with Crippen molar-refractivity contribution in [1.29, 1.82) is 0 Å². The number of anilines is 1. The predicted molar refractivity (Wildman–Crippen MR) is 87.0 cm³/mol. The monoisotopic (exact) mass is 351 g/mol. The zero-order chi connectivity index (χ0) is 12.6. The molecule has 0 aliphatic rings. The largest absolute Gasteiger partial charge is 0.384 e. The fourth-order valence-corrected chi connectivity index (χ4v) is 2.50. The van der Waals surface area contributed by atoms with Crippen molar-refractivity contribution in [3.05, 3.63) is 63.7 Å². The lowest BCUT2D eigenvalue weighted by Crippen LogP contribution is -2.03. The Morgan fingerprint density at radius 2 is 1.56 bits per heavy atom. The summed E-state index contributed by atoms with van der Waals surface area (Å²) in [6, 6.07) is 19.1. The molecular weight excluding hydrogens is 333 g/mol. The average Bonchev–Trinajstić information content (AvgIpc) is 2.42. The Morgan fingerprint density at radius 3 is 2.33 bits per heavy atom. The van der Waals surface area contributed by atoms with Gasteiger partial charge in [0.1, 0.15) is 0 Å². The number of para-hydroxylation sites is 1. The quantitative estimate of drug-likeness (QED) is 0.586. The first-order valence-corrected chi connectivity index (χ1v) is 7.46. The smallest absolute Gasteiger partial charge is 0.0475 e. The number of nitrogens with one attached hydrogen (secondary N) is 1. The molecule has 2 aromatic carbocycles. The summed E-state index contributed by atoms with van der Waals surface area (Å²) >= 11 is 2.37. The Morgan fingerprint density at radius 1 is 0.833 bits per heavy atom. The highest BCUT2D eigenvalue weighted by Crippen LogP contribution is 2.16. The third-order valence-electron chi connectivity index (χ3n) is 2.92. The number of aryl methyl sites for hydroxylation is 1. The first-order chi connectivity index (χ1) is 8.86. The molecule has 0 heterocycles. The van der Waals surface area contributed by atoms with Crippen LogP contribution in [0.5, 0.6) is 0 Å². The van der Waals surface area contributed by atoms with Crippen molar-refractivity contribution in [2.24, 2.45) is 0 Å². The molecule has 0 aromatic heterocycles. The van der Waals surface area contributed by atoms with Crippen LogP contribution in [0.25, 0.3) is 0 Å². The summed E-state index contributed by atoms with van der Waals surface area (Å²) in [7, 11) is 0. The van der Waals surface area contributed by atoms with Crippen LogP contribution in [-0.2, 0) is 6.42 Å². The van der Waals surface area contributed by atoms with E-state index in [-0.39, 0.29) is 0 Å². The molecule has 0 unspecified atom stereocenters. The molecule has 0 aliphatic carbocycles. The number of benzene rings is 2. The van der Waals surface area contributed by atoms with E-state index in [0.29, 0.717) is 0 Å². The summed E-state index contributed by atoms with van der Waals surface area (Å²) in [5, 5.41) is 3.49. The van der Waals surface area contributed by atoms with Gasteiger partial charge in [0, 0.05) is 15.8 Å². The lowest BCUT2D eigenvalue weighted by Gasteiger charge is -2.08. The molecule has 0 spiro atoms. The van der Waals surface area contributed by atoms with Crippen molar-refractivity contribution in [3.8, 4) is 0 Å². The van der Waals surface area contributed by atoms with Crippen LogP contribution in [0, 0.1) is 3.57 Å². The predicted octanol–water partition coefficient (Wildman–Crippen LogP) is 4.73. The van der Waals surface area contributed by atoms with E-state index in [9.17, 15) is 0 Å². The van der Waals surface area contributed by atoms with Gasteiger partial charge in [-0.25, -0.2) is 0 Å². The second-order valence-corrected chi connectivity index (χ2v) is 5.51. The average molecular weight is 351 g/mol. The van der Waals surface area contributed by atoms with Gasteiger partial charge in [0.15, 0.2) is 0 Å². The minimum absolute atomic E-state index is 1.05. The number of halogens is 1. The maximum Gasteiger partial charge on any atom is 0.0475 e. The summed E-state index contributed by atoms with van der Waals surface area (Å²) in [6.45, 7) is 1.05. The van der Waals surface area contributed by atoms with E-state index in [2.05, 4.69) is 82.5 Å². The Bertz CT molecular complexity index is 468. The molecule has 0 amide bonds. The molecule has 2 aromatic rings. The van der Waals surface area contributed by atoms with Crippen LogP contribution < -0.4 is 5.32 Å². The molecule has 1 N–H and O–H groups in total. The van der Waals surface area contributed by atoms with E-state index in [4.69, 9.17) is 0 Å². The lowest BCUT2D eigenvalue weighted by molar-refractivity contribution is 0.763. The third-order valence-corrected chi connectivity index (χ3v) is 3.87. The lowest BCUT2D eigenvalue weighted by atomic mass is 10.1. The van der Waals surface area contributed by atoms with E-state index >= 15 is 0 Å². The SMILES string of the molecule is Ic1ccccc1NCCCCc1ccccc1. The van der Waals surface area contributed by atoms with Gasteiger partial charge in [-0.1, -0.05) is 42.5 Å². The Hall–Kier alpha value is -1.03. The van der Waals surface area contributed by atoms with E-state index in [1.54, 1.807) is 0 Å².